The van der Waals surface area contributed by atoms with Gasteiger partial charge in [-0.25, -0.2) is 0 Å². The first-order valence-corrected chi connectivity index (χ1v) is 7.09. The second kappa shape index (κ2) is 6.57. The second-order valence-electron chi connectivity index (χ2n) is 5.33. The normalized spacial score (nSPS) is 14.2. The fourth-order valence-electron chi connectivity index (χ4n) is 2.26. The Morgan fingerprint density at radius 1 is 1.05 bits per heavy atom. The Bertz CT molecular complexity index is 522. The van der Waals surface area contributed by atoms with E-state index in [9.17, 15) is 0 Å². The number of para-hydroxylation sites is 1. The Kier molecular flexibility index (Phi) is 4.79. The van der Waals surface area contributed by atoms with Gasteiger partial charge in [-0.3, -0.25) is 5.10 Å². The molecule has 1 aromatic heterocycles. The SMILES string of the molecule is CC(C)Oc1ccccc1C(C)NC(C)c1ccn[nH]1. The van der Waals surface area contributed by atoms with Crippen molar-refractivity contribution >= 4 is 0 Å². The summed E-state index contributed by atoms with van der Waals surface area (Å²) < 4.78 is 5.88. The van der Waals surface area contributed by atoms with Crippen molar-refractivity contribution in [2.45, 2.75) is 45.9 Å². The number of nitrogens with zero attached hydrogens (tertiary/aromatic N) is 1. The van der Waals surface area contributed by atoms with Gasteiger partial charge >= 0.3 is 0 Å². The number of hydrogen-bond acceptors (Lipinski definition) is 3. The second-order valence-corrected chi connectivity index (χ2v) is 5.33. The summed E-state index contributed by atoms with van der Waals surface area (Å²) >= 11 is 0. The standard InChI is InChI=1S/C16H23N3O/c1-11(2)20-16-8-6-5-7-14(16)12(3)18-13(4)15-9-10-17-19-15/h5-13,18H,1-4H3,(H,17,19). The maximum atomic E-state index is 5.88. The van der Waals surface area contributed by atoms with Crippen LogP contribution in [0.15, 0.2) is 36.5 Å². The third kappa shape index (κ3) is 3.61. The lowest BCUT2D eigenvalue weighted by Crippen LogP contribution is -2.23. The van der Waals surface area contributed by atoms with Gasteiger partial charge in [-0.15, -0.1) is 0 Å². The van der Waals surface area contributed by atoms with Gasteiger partial charge < -0.3 is 10.1 Å². The van der Waals surface area contributed by atoms with Gasteiger partial charge in [0.2, 0.25) is 0 Å². The van der Waals surface area contributed by atoms with Crippen LogP contribution in [-0.2, 0) is 0 Å². The maximum absolute atomic E-state index is 5.88. The molecule has 2 unspecified atom stereocenters. The summed E-state index contributed by atoms with van der Waals surface area (Å²) in [6.07, 6.45) is 1.95. The van der Waals surface area contributed by atoms with Crippen LogP contribution in [0.25, 0.3) is 0 Å². The molecule has 2 atom stereocenters. The molecule has 0 spiro atoms. The van der Waals surface area contributed by atoms with Gasteiger partial charge in [-0.2, -0.15) is 5.10 Å². The Hall–Kier alpha value is -1.81. The lowest BCUT2D eigenvalue weighted by Gasteiger charge is -2.22. The van der Waals surface area contributed by atoms with Crippen molar-refractivity contribution in [1.82, 2.24) is 15.5 Å². The molecule has 4 heteroatoms. The highest BCUT2D eigenvalue weighted by Crippen LogP contribution is 2.27. The van der Waals surface area contributed by atoms with Crippen LogP contribution in [0.4, 0.5) is 0 Å². The number of aromatic amines is 1. The van der Waals surface area contributed by atoms with Gasteiger partial charge in [0.1, 0.15) is 5.75 Å². The summed E-state index contributed by atoms with van der Waals surface area (Å²) in [5.41, 5.74) is 2.26. The number of aromatic nitrogens is 2. The first-order valence-electron chi connectivity index (χ1n) is 7.09. The van der Waals surface area contributed by atoms with Gasteiger partial charge in [0.25, 0.3) is 0 Å². The van der Waals surface area contributed by atoms with Crippen LogP contribution in [0, 0.1) is 0 Å². The van der Waals surface area contributed by atoms with Crippen molar-refractivity contribution in [2.24, 2.45) is 0 Å². The summed E-state index contributed by atoms with van der Waals surface area (Å²) in [5, 5.41) is 10.5. The van der Waals surface area contributed by atoms with Gasteiger partial charge in [0, 0.05) is 23.8 Å². The van der Waals surface area contributed by atoms with Crippen LogP contribution < -0.4 is 10.1 Å². The Labute approximate surface area is 120 Å². The average molecular weight is 273 g/mol. The molecule has 20 heavy (non-hydrogen) atoms. The highest BCUT2D eigenvalue weighted by Gasteiger charge is 2.15. The summed E-state index contributed by atoms with van der Waals surface area (Å²) in [6, 6.07) is 10.6. The summed E-state index contributed by atoms with van der Waals surface area (Å²) in [4.78, 5) is 0. The van der Waals surface area contributed by atoms with E-state index in [1.165, 1.54) is 5.56 Å². The van der Waals surface area contributed by atoms with Crippen molar-refractivity contribution < 1.29 is 4.74 Å². The van der Waals surface area contributed by atoms with Gasteiger partial charge in [0.15, 0.2) is 0 Å². The Balaban J connectivity index is 2.10. The van der Waals surface area contributed by atoms with E-state index in [4.69, 9.17) is 4.74 Å². The van der Waals surface area contributed by atoms with E-state index in [1.807, 2.05) is 38.1 Å². The molecule has 0 aliphatic heterocycles. The molecule has 0 bridgehead atoms. The zero-order valence-electron chi connectivity index (χ0n) is 12.6. The molecule has 0 radical (unpaired) electrons. The number of benzene rings is 1. The smallest absolute Gasteiger partial charge is 0.124 e. The van der Waals surface area contributed by atoms with E-state index in [2.05, 4.69) is 35.4 Å². The molecular formula is C16H23N3O. The average Bonchev–Trinajstić information content (AvgIpc) is 2.92. The molecule has 0 aliphatic carbocycles. The third-order valence-electron chi connectivity index (χ3n) is 3.24. The van der Waals surface area contributed by atoms with Crippen LogP contribution in [0.3, 0.4) is 0 Å². The van der Waals surface area contributed by atoms with E-state index in [0.29, 0.717) is 0 Å². The lowest BCUT2D eigenvalue weighted by molar-refractivity contribution is 0.237. The molecule has 2 aromatic rings. The Morgan fingerprint density at radius 2 is 1.80 bits per heavy atom. The van der Waals surface area contributed by atoms with Crippen LogP contribution >= 0.6 is 0 Å². The molecule has 0 saturated heterocycles. The number of rotatable bonds is 6. The topological polar surface area (TPSA) is 49.9 Å². The molecular weight excluding hydrogens is 250 g/mol. The highest BCUT2D eigenvalue weighted by atomic mass is 16.5. The minimum Gasteiger partial charge on any atom is -0.491 e. The number of nitrogens with one attached hydrogen (secondary N) is 2. The van der Waals surface area contributed by atoms with Crippen molar-refractivity contribution in [1.29, 1.82) is 0 Å². The first-order chi connectivity index (χ1) is 9.58. The molecule has 0 amide bonds. The van der Waals surface area contributed by atoms with Gasteiger partial charge in [-0.05, 0) is 39.8 Å². The van der Waals surface area contributed by atoms with Crippen LogP contribution in [0.1, 0.15) is 51.0 Å². The summed E-state index contributed by atoms with van der Waals surface area (Å²) in [5.74, 6) is 0.944. The largest absolute Gasteiger partial charge is 0.491 e. The monoisotopic (exact) mass is 273 g/mol. The minimum atomic E-state index is 0.174. The molecule has 4 nitrogen and oxygen atoms in total. The van der Waals surface area contributed by atoms with E-state index in [-0.39, 0.29) is 18.2 Å². The quantitative estimate of drug-likeness (QED) is 0.845. The molecule has 0 saturated carbocycles. The van der Waals surface area contributed by atoms with Crippen molar-refractivity contribution in [3.8, 4) is 5.75 Å². The molecule has 0 fully saturated rings. The van der Waals surface area contributed by atoms with E-state index < -0.39 is 0 Å². The zero-order chi connectivity index (χ0) is 14.5. The molecule has 2 rings (SSSR count). The van der Waals surface area contributed by atoms with E-state index >= 15 is 0 Å². The first kappa shape index (κ1) is 14.6. The van der Waals surface area contributed by atoms with Crippen LogP contribution in [-0.4, -0.2) is 16.3 Å². The molecule has 2 N–H and O–H groups in total. The van der Waals surface area contributed by atoms with Gasteiger partial charge in [0.05, 0.1) is 11.8 Å². The van der Waals surface area contributed by atoms with E-state index in [1.54, 1.807) is 6.20 Å². The predicted molar refractivity (Wildman–Crippen MR) is 80.8 cm³/mol. The van der Waals surface area contributed by atoms with Crippen molar-refractivity contribution in [3.63, 3.8) is 0 Å². The summed E-state index contributed by atoms with van der Waals surface area (Å²) in [7, 11) is 0. The lowest BCUT2D eigenvalue weighted by atomic mass is 10.1. The molecule has 1 aromatic carbocycles. The van der Waals surface area contributed by atoms with E-state index in [0.717, 1.165) is 11.4 Å². The zero-order valence-corrected chi connectivity index (χ0v) is 12.6. The van der Waals surface area contributed by atoms with Crippen LogP contribution in [0.5, 0.6) is 5.75 Å². The fourth-order valence-corrected chi connectivity index (χ4v) is 2.26. The number of hydrogen-bond donors (Lipinski definition) is 2. The highest BCUT2D eigenvalue weighted by molar-refractivity contribution is 5.36. The molecule has 1 heterocycles. The Morgan fingerprint density at radius 3 is 2.45 bits per heavy atom. The summed E-state index contributed by atoms with van der Waals surface area (Å²) in [6.45, 7) is 8.36. The maximum Gasteiger partial charge on any atom is 0.124 e. The molecule has 108 valence electrons. The van der Waals surface area contributed by atoms with Gasteiger partial charge in [-0.1, -0.05) is 18.2 Å². The predicted octanol–water partition coefficient (Wildman–Crippen LogP) is 3.61. The van der Waals surface area contributed by atoms with Crippen molar-refractivity contribution in [2.75, 3.05) is 0 Å². The molecule has 0 aliphatic rings. The number of H-pyrrole nitrogens is 1. The number of ether oxygens (including phenoxy) is 1. The van der Waals surface area contributed by atoms with Crippen LogP contribution in [0.2, 0.25) is 0 Å². The minimum absolute atomic E-state index is 0.174. The fraction of sp³-hybridized carbons (Fsp3) is 0.438. The third-order valence-corrected chi connectivity index (χ3v) is 3.24. The van der Waals surface area contributed by atoms with Crippen molar-refractivity contribution in [3.05, 3.63) is 47.8 Å².